The maximum absolute atomic E-state index is 5.46. The summed E-state index contributed by atoms with van der Waals surface area (Å²) in [5, 5.41) is 7.67. The second-order valence-corrected chi connectivity index (χ2v) is 5.49. The largest absolute Gasteiger partial charge is 0.366 e. The average Bonchev–Trinajstić information content (AvgIpc) is 2.94. The van der Waals surface area contributed by atoms with Crippen LogP contribution in [0.5, 0.6) is 0 Å². The number of hydrogen-bond acceptors (Lipinski definition) is 5. The topological polar surface area (TPSA) is 53.1 Å². The zero-order valence-electron chi connectivity index (χ0n) is 12.7. The van der Waals surface area contributed by atoms with Gasteiger partial charge in [-0.3, -0.25) is 0 Å². The predicted molar refractivity (Wildman–Crippen MR) is 94.1 cm³/mol. The molecule has 1 aromatic heterocycles. The van der Waals surface area contributed by atoms with Gasteiger partial charge in [0, 0.05) is 23.7 Å². The van der Waals surface area contributed by atoms with Crippen molar-refractivity contribution in [3.63, 3.8) is 0 Å². The molecule has 0 amide bonds. The summed E-state index contributed by atoms with van der Waals surface area (Å²) in [5.74, 6) is 3.41. The normalized spacial score (nSPS) is 12.6. The first-order chi connectivity index (χ1) is 11.2. The Morgan fingerprint density at radius 3 is 3.04 bits per heavy atom. The van der Waals surface area contributed by atoms with E-state index in [1.165, 1.54) is 0 Å². The van der Waals surface area contributed by atoms with Crippen molar-refractivity contribution in [1.29, 1.82) is 0 Å². The first-order valence-corrected chi connectivity index (χ1v) is 7.32. The van der Waals surface area contributed by atoms with E-state index in [-0.39, 0.29) is 0 Å². The van der Waals surface area contributed by atoms with E-state index in [1.54, 1.807) is 6.33 Å². The van der Waals surface area contributed by atoms with E-state index in [2.05, 4.69) is 50.6 Å². The van der Waals surface area contributed by atoms with Crippen molar-refractivity contribution in [2.75, 3.05) is 29.2 Å². The second kappa shape index (κ2) is 5.18. The number of hydrogen-bond donors (Lipinski definition) is 2. The molecular formula is C18H15N5. The van der Waals surface area contributed by atoms with Gasteiger partial charge in [-0.1, -0.05) is 12.0 Å². The number of fused-ring (bicyclic) bond motifs is 2. The zero-order chi connectivity index (χ0) is 15.8. The summed E-state index contributed by atoms with van der Waals surface area (Å²) < 4.78 is 0. The van der Waals surface area contributed by atoms with Crippen LogP contribution in [0.4, 0.5) is 22.9 Å². The van der Waals surface area contributed by atoms with Gasteiger partial charge in [-0.2, -0.15) is 0 Å². The molecule has 5 nitrogen and oxygen atoms in total. The Labute approximate surface area is 134 Å². The lowest BCUT2D eigenvalue weighted by molar-refractivity contribution is 1.03. The van der Waals surface area contributed by atoms with Gasteiger partial charge < -0.3 is 15.5 Å². The molecule has 2 heterocycles. The standard InChI is InChI=1S/C18H15N5/c1-3-12-5-4-6-13(7-12)22-18-14-8-17-16(21-11-23(17)2)9-15(14)19-10-20-18/h1,4-10,21H,11H2,2H3,(H,19,20,22). The van der Waals surface area contributed by atoms with Crippen molar-refractivity contribution in [3.05, 3.63) is 48.3 Å². The number of anilines is 4. The Kier molecular flexibility index (Phi) is 3.02. The number of benzene rings is 2. The third kappa shape index (κ3) is 2.30. The van der Waals surface area contributed by atoms with E-state index in [9.17, 15) is 0 Å². The molecule has 2 aromatic carbocycles. The lowest BCUT2D eigenvalue weighted by atomic mass is 10.1. The van der Waals surface area contributed by atoms with Crippen molar-refractivity contribution < 1.29 is 0 Å². The highest BCUT2D eigenvalue weighted by atomic mass is 15.3. The molecule has 0 saturated carbocycles. The number of aromatic nitrogens is 2. The van der Waals surface area contributed by atoms with E-state index < -0.39 is 0 Å². The van der Waals surface area contributed by atoms with Crippen LogP contribution in [-0.4, -0.2) is 23.7 Å². The van der Waals surface area contributed by atoms with E-state index >= 15 is 0 Å². The molecule has 2 N–H and O–H groups in total. The summed E-state index contributed by atoms with van der Waals surface area (Å²) in [4.78, 5) is 10.9. The molecule has 3 aromatic rings. The Bertz CT molecular complexity index is 942. The van der Waals surface area contributed by atoms with E-state index in [0.29, 0.717) is 0 Å². The number of nitrogens with zero attached hydrogens (tertiary/aromatic N) is 3. The lowest BCUT2D eigenvalue weighted by Gasteiger charge is -2.13. The lowest BCUT2D eigenvalue weighted by Crippen LogP contribution is -2.15. The fraction of sp³-hybridized carbons (Fsp3) is 0.111. The van der Waals surface area contributed by atoms with Crippen LogP contribution in [-0.2, 0) is 0 Å². The highest BCUT2D eigenvalue weighted by Crippen LogP contribution is 2.36. The molecule has 0 atom stereocenters. The van der Waals surface area contributed by atoms with Crippen LogP contribution in [0.15, 0.2) is 42.7 Å². The predicted octanol–water partition coefficient (Wildman–Crippen LogP) is 3.17. The highest BCUT2D eigenvalue weighted by Gasteiger charge is 2.17. The molecule has 0 saturated heterocycles. The van der Waals surface area contributed by atoms with Crippen LogP contribution in [0.3, 0.4) is 0 Å². The third-order valence-corrected chi connectivity index (χ3v) is 3.96. The van der Waals surface area contributed by atoms with Crippen molar-refractivity contribution in [2.45, 2.75) is 0 Å². The molecule has 1 aliphatic heterocycles. The number of rotatable bonds is 2. The maximum atomic E-state index is 5.46. The van der Waals surface area contributed by atoms with Gasteiger partial charge in [0.15, 0.2) is 0 Å². The molecular weight excluding hydrogens is 286 g/mol. The summed E-state index contributed by atoms with van der Waals surface area (Å²) in [5.41, 5.74) is 4.88. The molecule has 0 aliphatic carbocycles. The van der Waals surface area contributed by atoms with Gasteiger partial charge in [-0.25, -0.2) is 9.97 Å². The third-order valence-electron chi connectivity index (χ3n) is 3.96. The molecule has 0 unspecified atom stereocenters. The Balaban J connectivity index is 1.81. The molecule has 1 aliphatic rings. The SMILES string of the molecule is C#Cc1cccc(Nc2ncnc3cc4c(cc23)N(C)CN4)c1. The highest BCUT2D eigenvalue weighted by molar-refractivity contribution is 5.98. The maximum Gasteiger partial charge on any atom is 0.141 e. The summed E-state index contributed by atoms with van der Waals surface area (Å²) in [6.45, 7) is 0.798. The Hall–Kier alpha value is -3.26. The average molecular weight is 301 g/mol. The molecule has 0 radical (unpaired) electrons. The molecule has 0 spiro atoms. The van der Waals surface area contributed by atoms with Gasteiger partial charge in [0.25, 0.3) is 0 Å². The quantitative estimate of drug-likeness (QED) is 0.712. The van der Waals surface area contributed by atoms with Gasteiger partial charge in [0.2, 0.25) is 0 Å². The number of nitrogens with one attached hydrogen (secondary N) is 2. The van der Waals surface area contributed by atoms with E-state index in [4.69, 9.17) is 6.42 Å². The minimum absolute atomic E-state index is 0.771. The molecule has 0 fully saturated rings. The minimum atomic E-state index is 0.771. The fourth-order valence-corrected chi connectivity index (χ4v) is 2.76. The Morgan fingerprint density at radius 2 is 2.17 bits per heavy atom. The second-order valence-electron chi connectivity index (χ2n) is 5.49. The van der Waals surface area contributed by atoms with Gasteiger partial charge >= 0.3 is 0 Å². The summed E-state index contributed by atoms with van der Waals surface area (Å²) in [6, 6.07) is 11.9. The number of terminal acetylenes is 1. The van der Waals surface area contributed by atoms with Crippen molar-refractivity contribution in [1.82, 2.24) is 9.97 Å². The van der Waals surface area contributed by atoms with Gasteiger partial charge in [0.05, 0.1) is 23.6 Å². The van der Waals surface area contributed by atoms with Crippen molar-refractivity contribution >= 4 is 33.8 Å². The van der Waals surface area contributed by atoms with Gasteiger partial charge in [-0.05, 0) is 30.3 Å². The summed E-state index contributed by atoms with van der Waals surface area (Å²) >= 11 is 0. The monoisotopic (exact) mass is 301 g/mol. The molecule has 0 bridgehead atoms. The molecule has 23 heavy (non-hydrogen) atoms. The van der Waals surface area contributed by atoms with Crippen LogP contribution in [0, 0.1) is 12.3 Å². The van der Waals surface area contributed by atoms with Gasteiger partial charge in [0.1, 0.15) is 12.1 Å². The van der Waals surface area contributed by atoms with Crippen LogP contribution >= 0.6 is 0 Å². The molecule has 5 heteroatoms. The van der Waals surface area contributed by atoms with E-state index in [1.807, 2.05) is 24.3 Å². The van der Waals surface area contributed by atoms with E-state index in [0.717, 1.165) is 46.0 Å². The van der Waals surface area contributed by atoms with Crippen molar-refractivity contribution in [2.24, 2.45) is 0 Å². The van der Waals surface area contributed by atoms with Crippen LogP contribution in [0.25, 0.3) is 10.9 Å². The summed E-state index contributed by atoms with van der Waals surface area (Å²) in [7, 11) is 2.05. The van der Waals surface area contributed by atoms with Gasteiger partial charge in [-0.15, -0.1) is 6.42 Å². The van der Waals surface area contributed by atoms with Crippen LogP contribution < -0.4 is 15.5 Å². The first-order valence-electron chi connectivity index (χ1n) is 7.32. The first kappa shape index (κ1) is 13.4. The minimum Gasteiger partial charge on any atom is -0.366 e. The fourth-order valence-electron chi connectivity index (χ4n) is 2.76. The Morgan fingerprint density at radius 1 is 1.26 bits per heavy atom. The molecule has 4 rings (SSSR count). The van der Waals surface area contributed by atoms with Crippen LogP contribution in [0.2, 0.25) is 0 Å². The molecule has 112 valence electrons. The van der Waals surface area contributed by atoms with Crippen LogP contribution in [0.1, 0.15) is 5.56 Å². The van der Waals surface area contributed by atoms with Crippen molar-refractivity contribution in [3.8, 4) is 12.3 Å². The summed E-state index contributed by atoms with van der Waals surface area (Å²) in [6.07, 6.45) is 7.03. The smallest absolute Gasteiger partial charge is 0.141 e. The zero-order valence-corrected chi connectivity index (χ0v) is 12.7.